The van der Waals surface area contributed by atoms with Gasteiger partial charge in [0.05, 0.1) is 11.2 Å². The zero-order chi connectivity index (χ0) is 12.7. The van der Waals surface area contributed by atoms with Crippen molar-refractivity contribution in [2.75, 3.05) is 0 Å². The first-order valence-electron chi connectivity index (χ1n) is 7.84. The normalized spacial score (nSPS) is 54.7. The molecule has 2 nitrogen and oxygen atoms in total. The topological polar surface area (TPSA) is 21.3 Å². The number of rotatable bonds is 2. The molecular formula is C16H27NO. The summed E-state index contributed by atoms with van der Waals surface area (Å²) in [4.78, 5) is 0. The van der Waals surface area contributed by atoms with Crippen molar-refractivity contribution < 1.29 is 4.74 Å². The van der Waals surface area contributed by atoms with E-state index in [-0.39, 0.29) is 11.2 Å². The zero-order valence-corrected chi connectivity index (χ0v) is 12.2. The predicted molar refractivity (Wildman–Crippen MR) is 72.4 cm³/mol. The number of ether oxygens (including phenoxy) is 1. The molecule has 18 heavy (non-hydrogen) atoms. The summed E-state index contributed by atoms with van der Waals surface area (Å²) >= 11 is 0. The van der Waals surface area contributed by atoms with Gasteiger partial charge < -0.3 is 10.1 Å². The maximum absolute atomic E-state index is 6.21. The van der Waals surface area contributed by atoms with Crippen LogP contribution < -0.4 is 5.32 Å². The van der Waals surface area contributed by atoms with Crippen LogP contribution in [0.3, 0.4) is 0 Å². The number of hydrogen-bond acceptors (Lipinski definition) is 2. The Bertz CT molecular complexity index is 359. The van der Waals surface area contributed by atoms with E-state index in [0.29, 0.717) is 6.04 Å². The van der Waals surface area contributed by atoms with Crippen LogP contribution in [0.4, 0.5) is 0 Å². The van der Waals surface area contributed by atoms with Crippen molar-refractivity contribution in [1.29, 1.82) is 0 Å². The summed E-state index contributed by atoms with van der Waals surface area (Å²) in [7, 11) is 0. The van der Waals surface area contributed by atoms with E-state index in [1.54, 1.807) is 6.42 Å². The third-order valence-corrected chi connectivity index (χ3v) is 6.20. The molecule has 4 aliphatic rings. The van der Waals surface area contributed by atoms with Gasteiger partial charge in [0.15, 0.2) is 0 Å². The summed E-state index contributed by atoms with van der Waals surface area (Å²) in [5, 5.41) is 3.98. The van der Waals surface area contributed by atoms with Gasteiger partial charge in [-0.05, 0) is 77.0 Å². The molecule has 3 aliphatic carbocycles. The molecule has 0 amide bonds. The van der Waals surface area contributed by atoms with Gasteiger partial charge in [-0.25, -0.2) is 0 Å². The van der Waals surface area contributed by atoms with Gasteiger partial charge in [-0.3, -0.25) is 0 Å². The van der Waals surface area contributed by atoms with Crippen LogP contribution in [0.25, 0.3) is 0 Å². The third-order valence-electron chi connectivity index (χ3n) is 6.20. The molecule has 0 radical (unpaired) electrons. The molecule has 2 heteroatoms. The number of fused-ring (bicyclic) bond motifs is 5. The van der Waals surface area contributed by atoms with Crippen LogP contribution in [0.2, 0.25) is 0 Å². The van der Waals surface area contributed by atoms with Crippen molar-refractivity contribution in [2.45, 2.75) is 76.7 Å². The number of hydrogen-bond donors (Lipinski definition) is 1. The monoisotopic (exact) mass is 249 g/mol. The zero-order valence-electron chi connectivity index (χ0n) is 12.2. The summed E-state index contributed by atoms with van der Waals surface area (Å²) in [6, 6.07) is 1.38. The van der Waals surface area contributed by atoms with E-state index in [0.717, 1.165) is 36.1 Å². The van der Waals surface area contributed by atoms with E-state index in [9.17, 15) is 0 Å². The van der Waals surface area contributed by atoms with Gasteiger partial charge in [-0.15, -0.1) is 0 Å². The van der Waals surface area contributed by atoms with E-state index < -0.39 is 0 Å². The SMILES string of the molecule is CC1(C)CC(NC2C3C4CCC(C4)C23)C(C)(C)O1. The highest BCUT2D eigenvalue weighted by molar-refractivity contribution is 5.18. The smallest absolute Gasteiger partial charge is 0.0787 e. The van der Waals surface area contributed by atoms with E-state index in [2.05, 4.69) is 33.0 Å². The first kappa shape index (κ1) is 11.7. The molecule has 5 unspecified atom stereocenters. The van der Waals surface area contributed by atoms with E-state index in [1.807, 2.05) is 0 Å². The van der Waals surface area contributed by atoms with Crippen molar-refractivity contribution in [3.05, 3.63) is 0 Å². The first-order chi connectivity index (χ1) is 8.37. The molecule has 102 valence electrons. The summed E-state index contributed by atoms with van der Waals surface area (Å²) < 4.78 is 6.21. The molecule has 1 N–H and O–H groups in total. The van der Waals surface area contributed by atoms with Crippen molar-refractivity contribution in [1.82, 2.24) is 5.32 Å². The largest absolute Gasteiger partial charge is 0.368 e. The molecule has 5 atom stereocenters. The lowest BCUT2D eigenvalue weighted by molar-refractivity contribution is -0.0701. The summed E-state index contributed by atoms with van der Waals surface area (Å²) in [6.07, 6.45) is 5.73. The van der Waals surface area contributed by atoms with Crippen molar-refractivity contribution in [2.24, 2.45) is 23.7 Å². The lowest BCUT2D eigenvalue weighted by atomic mass is 9.93. The summed E-state index contributed by atoms with van der Waals surface area (Å²) in [5.74, 6) is 4.19. The van der Waals surface area contributed by atoms with Crippen LogP contribution in [-0.4, -0.2) is 23.3 Å². The Hall–Kier alpha value is -0.0800. The van der Waals surface area contributed by atoms with Crippen LogP contribution in [0.1, 0.15) is 53.4 Å². The molecule has 0 aromatic heterocycles. The van der Waals surface area contributed by atoms with Gasteiger partial charge in [0.25, 0.3) is 0 Å². The van der Waals surface area contributed by atoms with Crippen LogP contribution in [0.15, 0.2) is 0 Å². The molecule has 2 bridgehead atoms. The highest BCUT2D eigenvalue weighted by Gasteiger charge is 2.65. The molecule has 1 heterocycles. The van der Waals surface area contributed by atoms with Gasteiger partial charge in [-0.1, -0.05) is 0 Å². The van der Waals surface area contributed by atoms with Crippen molar-refractivity contribution in [3.63, 3.8) is 0 Å². The van der Waals surface area contributed by atoms with Gasteiger partial charge in [0.2, 0.25) is 0 Å². The van der Waals surface area contributed by atoms with Gasteiger partial charge >= 0.3 is 0 Å². The molecule has 0 aromatic carbocycles. The van der Waals surface area contributed by atoms with Crippen LogP contribution >= 0.6 is 0 Å². The molecule has 0 aromatic rings. The Kier molecular flexibility index (Phi) is 2.16. The Morgan fingerprint density at radius 2 is 1.61 bits per heavy atom. The average Bonchev–Trinajstić information content (AvgIpc) is 2.57. The molecule has 0 spiro atoms. The fourth-order valence-corrected chi connectivity index (χ4v) is 5.60. The number of nitrogens with one attached hydrogen (secondary N) is 1. The predicted octanol–water partition coefficient (Wildman–Crippen LogP) is 2.97. The van der Waals surface area contributed by atoms with E-state index in [4.69, 9.17) is 4.74 Å². The fourth-order valence-electron chi connectivity index (χ4n) is 5.60. The second-order valence-corrected chi connectivity index (χ2v) is 8.40. The Balaban J connectivity index is 1.45. The summed E-state index contributed by atoms with van der Waals surface area (Å²) in [6.45, 7) is 8.97. The maximum Gasteiger partial charge on any atom is 0.0787 e. The average molecular weight is 249 g/mol. The van der Waals surface area contributed by atoms with Gasteiger partial charge in [-0.2, -0.15) is 0 Å². The minimum absolute atomic E-state index is 0.000561. The molecule has 4 fully saturated rings. The van der Waals surface area contributed by atoms with Crippen molar-refractivity contribution in [3.8, 4) is 0 Å². The molecule has 4 rings (SSSR count). The quantitative estimate of drug-likeness (QED) is 0.812. The molecular weight excluding hydrogens is 222 g/mol. The van der Waals surface area contributed by atoms with Crippen molar-refractivity contribution >= 4 is 0 Å². The lowest BCUT2D eigenvalue weighted by Crippen LogP contribution is -2.45. The lowest BCUT2D eigenvalue weighted by Gasteiger charge is -2.28. The molecule has 1 aliphatic heterocycles. The van der Waals surface area contributed by atoms with Gasteiger partial charge in [0.1, 0.15) is 0 Å². The van der Waals surface area contributed by atoms with E-state index in [1.165, 1.54) is 12.8 Å². The minimum atomic E-state index is -0.000561. The maximum atomic E-state index is 6.21. The highest BCUT2D eigenvalue weighted by atomic mass is 16.5. The molecule has 3 saturated carbocycles. The van der Waals surface area contributed by atoms with Gasteiger partial charge in [0, 0.05) is 12.1 Å². The Morgan fingerprint density at radius 1 is 1.00 bits per heavy atom. The second-order valence-electron chi connectivity index (χ2n) is 8.40. The van der Waals surface area contributed by atoms with Crippen LogP contribution in [0, 0.1) is 23.7 Å². The Labute approximate surface area is 111 Å². The standard InChI is InChI=1S/C16H27NO/c1-15(2)8-11(16(3,4)18-15)17-14-12-9-5-6-10(7-9)13(12)14/h9-14,17H,5-8H2,1-4H3. The van der Waals surface area contributed by atoms with Crippen LogP contribution in [-0.2, 0) is 4.74 Å². The van der Waals surface area contributed by atoms with Crippen LogP contribution in [0.5, 0.6) is 0 Å². The fraction of sp³-hybridized carbons (Fsp3) is 1.00. The second kappa shape index (κ2) is 3.32. The summed E-state index contributed by atoms with van der Waals surface area (Å²) in [5.41, 5.74) is 0.0452. The van der Waals surface area contributed by atoms with E-state index >= 15 is 0 Å². The Morgan fingerprint density at radius 3 is 2.11 bits per heavy atom. The minimum Gasteiger partial charge on any atom is -0.368 e. The first-order valence-corrected chi connectivity index (χ1v) is 7.84. The highest BCUT2D eigenvalue weighted by Crippen LogP contribution is 2.66. The molecule has 1 saturated heterocycles. The third kappa shape index (κ3) is 1.54.